The number of unbranched alkanes of at least 4 members (excludes halogenated alkanes) is 1. The molecule has 0 spiro atoms. The van der Waals surface area contributed by atoms with E-state index in [0.29, 0.717) is 0 Å². The van der Waals surface area contributed by atoms with E-state index >= 15 is 0 Å². The van der Waals surface area contributed by atoms with Crippen molar-refractivity contribution >= 4 is 12.6 Å². The molecule has 0 fully saturated rings. The first-order valence-electron chi connectivity index (χ1n) is 6.69. The molecule has 0 radical (unpaired) electrons. The second-order valence-corrected chi connectivity index (χ2v) is 8.27. The Morgan fingerprint density at radius 1 is 1.06 bits per heavy atom. The van der Waals surface area contributed by atoms with Gasteiger partial charge in [0, 0.05) is 0 Å². The Labute approximate surface area is 110 Å². The number of hydrogen-bond donors (Lipinski definition) is 3. The van der Waals surface area contributed by atoms with E-state index in [1.54, 1.807) is 30.3 Å². The van der Waals surface area contributed by atoms with Gasteiger partial charge in [0.1, 0.15) is 0 Å². The average Bonchev–Trinajstić information content (AvgIpc) is 2.35. The summed E-state index contributed by atoms with van der Waals surface area (Å²) in [4.78, 5) is 30.9. The van der Waals surface area contributed by atoms with Crippen molar-refractivity contribution in [1.82, 2.24) is 0 Å². The second kappa shape index (κ2) is 6.12. The van der Waals surface area contributed by atoms with E-state index < -0.39 is 7.28 Å². The molecule has 18 heavy (non-hydrogen) atoms. The minimum absolute atomic E-state index is 0.0755. The molecule has 0 aliphatic rings. The van der Waals surface area contributed by atoms with E-state index in [1.165, 1.54) is 0 Å². The van der Waals surface area contributed by atoms with E-state index in [-0.39, 0.29) is 17.4 Å². The van der Waals surface area contributed by atoms with Gasteiger partial charge in [0.25, 0.3) is 0 Å². The second-order valence-electron chi connectivity index (χ2n) is 5.09. The Hall–Kier alpha value is -0.470. The van der Waals surface area contributed by atoms with Crippen LogP contribution in [0, 0.1) is 5.92 Å². The third-order valence-corrected chi connectivity index (χ3v) is 5.97. The molecule has 1 aromatic rings. The van der Waals surface area contributed by atoms with Gasteiger partial charge in [-0.15, -0.1) is 0 Å². The molecule has 0 heterocycles. The molecule has 0 saturated carbocycles. The molecule has 0 aromatic heterocycles. The van der Waals surface area contributed by atoms with Gasteiger partial charge in [-0.1, -0.05) is 0 Å². The number of rotatable bonds is 7. The molecule has 0 bridgehead atoms. The van der Waals surface area contributed by atoms with Crippen molar-refractivity contribution in [2.75, 3.05) is 6.16 Å². The van der Waals surface area contributed by atoms with E-state index in [9.17, 15) is 14.7 Å². The third kappa shape index (κ3) is 4.33. The van der Waals surface area contributed by atoms with Crippen molar-refractivity contribution in [1.29, 1.82) is 0 Å². The molecular formula is C14H25O3P. The van der Waals surface area contributed by atoms with Crippen LogP contribution in [0.5, 0.6) is 0 Å². The van der Waals surface area contributed by atoms with Crippen LogP contribution in [-0.2, 0) is 0 Å². The quantitative estimate of drug-likeness (QED) is 0.669. The van der Waals surface area contributed by atoms with Crippen molar-refractivity contribution < 1.29 is 14.7 Å². The first-order chi connectivity index (χ1) is 8.37. The molecule has 3 N–H and O–H groups in total. The zero-order chi connectivity index (χ0) is 13.7. The molecule has 0 aliphatic carbocycles. The standard InChI is InChI=1S/C14H25O3P/c1-3-5-9-13(4-2)12-18(15,16,17)14-10-7-6-8-11-14/h6-8,10-11,13,15-17H,3-5,9,12H2,1-2H3. The van der Waals surface area contributed by atoms with E-state index in [1.807, 2.05) is 6.92 Å². The van der Waals surface area contributed by atoms with Crippen LogP contribution in [0.3, 0.4) is 0 Å². The van der Waals surface area contributed by atoms with E-state index in [4.69, 9.17) is 0 Å². The fourth-order valence-corrected chi connectivity index (χ4v) is 4.62. The van der Waals surface area contributed by atoms with Gasteiger partial charge in [-0.05, 0) is 0 Å². The third-order valence-electron chi connectivity index (χ3n) is 3.42. The molecule has 1 aromatic carbocycles. The van der Waals surface area contributed by atoms with Crippen LogP contribution in [0.4, 0.5) is 0 Å². The molecule has 0 aliphatic heterocycles. The van der Waals surface area contributed by atoms with Crippen molar-refractivity contribution in [3.8, 4) is 0 Å². The average molecular weight is 272 g/mol. The van der Waals surface area contributed by atoms with Gasteiger partial charge in [0.15, 0.2) is 0 Å². The Balaban J connectivity index is 2.83. The van der Waals surface area contributed by atoms with Gasteiger partial charge in [0.2, 0.25) is 0 Å². The first-order valence-corrected chi connectivity index (χ1v) is 8.97. The van der Waals surface area contributed by atoms with Crippen molar-refractivity contribution in [2.24, 2.45) is 5.92 Å². The van der Waals surface area contributed by atoms with Gasteiger partial charge in [-0.3, -0.25) is 0 Å². The Morgan fingerprint density at radius 3 is 2.17 bits per heavy atom. The summed E-state index contributed by atoms with van der Waals surface area (Å²) in [6.45, 7) is 4.14. The topological polar surface area (TPSA) is 60.7 Å². The Bertz CT molecular complexity index is 356. The summed E-state index contributed by atoms with van der Waals surface area (Å²) >= 11 is 0. The van der Waals surface area contributed by atoms with Crippen LogP contribution in [0.25, 0.3) is 0 Å². The zero-order valence-corrected chi connectivity index (χ0v) is 12.2. The van der Waals surface area contributed by atoms with Crippen LogP contribution >= 0.6 is 7.28 Å². The van der Waals surface area contributed by atoms with Gasteiger partial charge < -0.3 is 0 Å². The van der Waals surface area contributed by atoms with Crippen molar-refractivity contribution in [3.05, 3.63) is 30.3 Å². The van der Waals surface area contributed by atoms with E-state index in [0.717, 1.165) is 25.7 Å². The maximum atomic E-state index is 10.3. The summed E-state index contributed by atoms with van der Waals surface area (Å²) in [6, 6.07) is 8.40. The van der Waals surface area contributed by atoms with Gasteiger partial charge >= 0.3 is 109 Å². The maximum absolute atomic E-state index is 10.3. The summed E-state index contributed by atoms with van der Waals surface area (Å²) in [6.07, 6.45) is 4.00. The van der Waals surface area contributed by atoms with Crippen LogP contribution in [-0.4, -0.2) is 20.8 Å². The van der Waals surface area contributed by atoms with Gasteiger partial charge in [-0.25, -0.2) is 0 Å². The number of benzene rings is 1. The summed E-state index contributed by atoms with van der Waals surface area (Å²) in [5.41, 5.74) is 0. The summed E-state index contributed by atoms with van der Waals surface area (Å²) in [7, 11) is -4.69. The molecule has 4 heteroatoms. The molecule has 0 saturated heterocycles. The van der Waals surface area contributed by atoms with Crippen LogP contribution in [0.1, 0.15) is 39.5 Å². The van der Waals surface area contributed by atoms with Crippen molar-refractivity contribution in [3.63, 3.8) is 0 Å². The normalized spacial score (nSPS) is 15.9. The molecular weight excluding hydrogens is 247 g/mol. The van der Waals surface area contributed by atoms with E-state index in [2.05, 4.69) is 6.92 Å². The molecule has 1 atom stereocenters. The van der Waals surface area contributed by atoms with Crippen LogP contribution in [0.15, 0.2) is 30.3 Å². The molecule has 0 amide bonds. The summed E-state index contributed by atoms with van der Waals surface area (Å²) < 4.78 is 0. The molecule has 3 nitrogen and oxygen atoms in total. The summed E-state index contributed by atoms with van der Waals surface area (Å²) in [5, 5.41) is 0.262. The van der Waals surface area contributed by atoms with Crippen LogP contribution < -0.4 is 5.30 Å². The molecule has 104 valence electrons. The SMILES string of the molecule is CCCCC(CC)CP(O)(O)(O)c1ccccc1. The van der Waals surface area contributed by atoms with Gasteiger partial charge in [0.05, 0.1) is 0 Å². The zero-order valence-electron chi connectivity index (χ0n) is 11.3. The minimum atomic E-state index is -4.69. The Morgan fingerprint density at radius 2 is 1.67 bits per heavy atom. The number of hydrogen-bond acceptors (Lipinski definition) is 3. The van der Waals surface area contributed by atoms with Crippen LogP contribution in [0.2, 0.25) is 0 Å². The first kappa shape index (κ1) is 15.6. The van der Waals surface area contributed by atoms with Crippen molar-refractivity contribution in [2.45, 2.75) is 39.5 Å². The predicted molar refractivity (Wildman–Crippen MR) is 77.8 cm³/mol. The Kier molecular flexibility index (Phi) is 5.30. The monoisotopic (exact) mass is 272 g/mol. The fourth-order valence-electron chi connectivity index (χ4n) is 2.23. The predicted octanol–water partition coefficient (Wildman–Crippen LogP) is 2.80. The molecule has 1 unspecified atom stereocenters. The molecule has 1 rings (SSSR count). The fraction of sp³-hybridized carbons (Fsp3) is 0.571. The van der Waals surface area contributed by atoms with Gasteiger partial charge in [-0.2, -0.15) is 0 Å². The summed E-state index contributed by atoms with van der Waals surface area (Å²) in [5.74, 6) is 0.155.